The molecule has 0 unspecified atom stereocenters. The van der Waals surface area contributed by atoms with Crippen molar-refractivity contribution < 1.29 is 24.4 Å². The molecule has 10 aromatic rings. The molecule has 0 saturated carbocycles. The van der Waals surface area contributed by atoms with Gasteiger partial charge in [-0.3, -0.25) is 5.10 Å². The van der Waals surface area contributed by atoms with Crippen molar-refractivity contribution in [1.29, 1.82) is 0 Å². The van der Waals surface area contributed by atoms with Crippen LogP contribution in [0.5, 0.6) is 0 Å². The third kappa shape index (κ3) is 22.5. The van der Waals surface area contributed by atoms with Gasteiger partial charge in [0.05, 0.1) is 61.9 Å². The summed E-state index contributed by atoms with van der Waals surface area (Å²) in [4.78, 5) is 37.2. The number of hydrogen-bond donors (Lipinski definition) is 8. The van der Waals surface area contributed by atoms with Crippen molar-refractivity contribution in [2.45, 2.75) is 38.9 Å². The van der Waals surface area contributed by atoms with Crippen molar-refractivity contribution >= 4 is 168 Å². The Morgan fingerprint density at radius 1 is 0.455 bits per heavy atom. The van der Waals surface area contributed by atoms with Gasteiger partial charge in [-0.05, 0) is 172 Å². The largest absolute Gasteiger partial charge is 0.399 e. The molecular weight excluding hydrogens is 1510 g/mol. The number of nitrogen functional groups attached to an aromatic ring is 1. The molecule has 6 aromatic heterocycles. The maximum Gasteiger partial charge on any atom is 0.254 e. The molecule has 4 aromatic carbocycles. The van der Waals surface area contributed by atoms with Crippen LogP contribution in [0.2, 0.25) is 51.4 Å². The number of anilines is 9. The maximum absolute atomic E-state index is 10.2. The molecule has 16 rings (SSSR count). The Balaban J connectivity index is 0.000000136. The molecule has 12 heterocycles. The van der Waals surface area contributed by atoms with Crippen LogP contribution in [0.4, 0.5) is 51.8 Å². The predicted octanol–water partition coefficient (Wildman–Crippen LogP) is 15.3. The van der Waals surface area contributed by atoms with E-state index in [2.05, 4.69) is 81.3 Å². The van der Waals surface area contributed by atoms with Crippen LogP contribution in [0.25, 0.3) is 5.95 Å². The number of halogens is 10. The van der Waals surface area contributed by atoms with Gasteiger partial charge in [-0.1, -0.05) is 81.2 Å². The van der Waals surface area contributed by atoms with E-state index in [0.717, 1.165) is 111 Å². The van der Waals surface area contributed by atoms with Gasteiger partial charge in [0.15, 0.2) is 0 Å². The number of aromatic amines is 1. The van der Waals surface area contributed by atoms with Crippen LogP contribution in [-0.4, -0.2) is 149 Å². The lowest BCUT2D eigenvalue weighted by Crippen LogP contribution is -2.66. The van der Waals surface area contributed by atoms with Gasteiger partial charge in [0.2, 0.25) is 15.9 Å². The number of hydrogen-bond acceptors (Lipinski definition) is 22. The third-order valence-electron chi connectivity index (χ3n) is 15.7. The molecule has 6 fully saturated rings. The van der Waals surface area contributed by atoms with E-state index in [1.807, 2.05) is 72.8 Å². The molecule has 0 bridgehead atoms. The number of nitrogens with one attached hydrogen (secondary N) is 5. The number of nitrogens with two attached hydrogens (primary N) is 1. The standard InChI is InChI=1S/C21H23ClN6O2.C15H14Cl2N4O.C10H6Cl3N3.C6H6ClN.C6H10N2O.C5H9NO.C4HCl3N2/c1-20(2,29)16-7-8-28(26-16)19-24-17(23-15-5-3-14(22)4-6-15)9-18(25-19)27-10-21(11-27)12-30-13-21;16-10-1-3-11(4-2-10)18-12-5-13(20-14(17)19-12)21-6-15(7-21)8-22-9-15;11-6-1-3-7(4-2-6)14-9-5-8(12)15-10(13)16-9;7-5-1-3-6(8)4-2-5;1-6(2,9)5-3-4-7-8-5;1-5(2-6-1)3-7-4-5;5-2-1-3(6)9-4(7)8-2/h3-9,29H,10-13H2,1-2H3,(H,23,24,25);1-5H,6-9H2,(H,18,19,20);1-5H,(H,14,15,16);1-4H,8H2;3-4,9H,1-2H3,(H,7,8);6H,1-4H2;1H. The van der Waals surface area contributed by atoms with Gasteiger partial charge >= 0.3 is 0 Å². The van der Waals surface area contributed by atoms with Gasteiger partial charge in [0.1, 0.15) is 55.8 Å². The molecule has 0 atom stereocenters. The molecule has 3 spiro atoms. The zero-order valence-corrected chi connectivity index (χ0v) is 62.2. The van der Waals surface area contributed by atoms with E-state index in [1.54, 1.807) is 99.4 Å². The number of H-pyrrole nitrogens is 1. The summed E-state index contributed by atoms with van der Waals surface area (Å²) in [6, 6.07) is 39.5. The van der Waals surface area contributed by atoms with E-state index in [-0.39, 0.29) is 36.7 Å². The lowest BCUT2D eigenvalue weighted by molar-refractivity contribution is -0.139. The fourth-order valence-electron chi connectivity index (χ4n) is 10.1. The monoisotopic (exact) mass is 1570 g/mol. The topological polar surface area (TPSA) is 298 Å². The Labute approximate surface area is 632 Å². The maximum atomic E-state index is 10.2. The second kappa shape index (κ2) is 34.1. The van der Waals surface area contributed by atoms with Crippen molar-refractivity contribution in [3.63, 3.8) is 0 Å². The summed E-state index contributed by atoms with van der Waals surface area (Å²) in [5, 5.41) is 47.1. The van der Waals surface area contributed by atoms with Crippen molar-refractivity contribution in [3.05, 3.63) is 209 Å². The smallest absolute Gasteiger partial charge is 0.254 e. The summed E-state index contributed by atoms with van der Waals surface area (Å²) in [5.74, 6) is 3.97. The Hall–Kier alpha value is -6.92. The minimum atomic E-state index is -1.04. The van der Waals surface area contributed by atoms with E-state index >= 15 is 0 Å². The SMILES string of the molecule is C1NCC12COC2.CC(C)(O)c1ccn(-c2nc(Nc3ccc(Cl)cc3)cc(N3CC4(COC4)C3)n2)n1.CC(C)(O)c1ccn[nH]1.Clc1cc(Cl)nc(Cl)n1.Clc1ccc(Nc2cc(Cl)nc(Cl)n2)cc1.Clc1ccc(Nc2cc(N3CC4(COC4)C3)nc(Cl)n2)cc1.Nc1ccc(Cl)cc1. The highest BCUT2D eigenvalue weighted by atomic mass is 35.5. The normalized spacial score (nSPS) is 15.9. The fraction of sp³-hybridized carbons (Fsp3) is 0.313. The van der Waals surface area contributed by atoms with Crippen molar-refractivity contribution in [1.82, 2.24) is 65.2 Å². The minimum absolute atomic E-state index is 0.0625. The van der Waals surface area contributed by atoms with Crippen LogP contribution >= 0.6 is 116 Å². The molecule has 6 aliphatic heterocycles. The minimum Gasteiger partial charge on any atom is -0.399 e. The molecule has 0 radical (unpaired) electrons. The van der Waals surface area contributed by atoms with E-state index in [1.165, 1.54) is 19.2 Å². The van der Waals surface area contributed by atoms with Gasteiger partial charge in [-0.15, -0.1) is 0 Å². The molecule has 0 aliphatic carbocycles. The van der Waals surface area contributed by atoms with E-state index in [9.17, 15) is 10.2 Å². The van der Waals surface area contributed by atoms with Crippen molar-refractivity contribution in [2.24, 2.45) is 16.2 Å². The molecule has 9 N–H and O–H groups in total. The number of aliphatic hydroxyl groups is 2. The number of benzene rings is 4. The van der Waals surface area contributed by atoms with Gasteiger partial charge in [0.25, 0.3) is 5.95 Å². The second-order valence-electron chi connectivity index (χ2n) is 25.4. The van der Waals surface area contributed by atoms with Crippen LogP contribution in [0.3, 0.4) is 0 Å². The highest BCUT2D eigenvalue weighted by Gasteiger charge is 2.51. The molecule has 101 heavy (non-hydrogen) atoms. The molecular formula is C67H69Cl10N19O5. The van der Waals surface area contributed by atoms with E-state index in [0.29, 0.717) is 55.0 Å². The zero-order valence-electron chi connectivity index (χ0n) is 54.6. The number of rotatable bonds is 11. The summed E-state index contributed by atoms with van der Waals surface area (Å²) in [6.07, 6.45) is 3.38. The highest BCUT2D eigenvalue weighted by Crippen LogP contribution is 2.42. The van der Waals surface area contributed by atoms with Crippen LogP contribution in [0.15, 0.2) is 146 Å². The van der Waals surface area contributed by atoms with Crippen LogP contribution in [0, 0.1) is 16.2 Å². The van der Waals surface area contributed by atoms with Gasteiger partial charge in [0, 0.05) is 124 Å². The molecule has 24 nitrogen and oxygen atoms in total. The van der Waals surface area contributed by atoms with E-state index < -0.39 is 11.2 Å². The summed E-state index contributed by atoms with van der Waals surface area (Å²) >= 11 is 56.9. The lowest BCUT2D eigenvalue weighted by Gasteiger charge is -2.55. The number of nitrogens with zero attached hydrogens (tertiary/aromatic N) is 13. The Morgan fingerprint density at radius 3 is 1.18 bits per heavy atom. The van der Waals surface area contributed by atoms with Crippen LogP contribution in [-0.2, 0) is 25.4 Å². The average Bonchev–Trinajstić information content (AvgIpc) is 0.942. The number of aromatic nitrogens is 12. The summed E-state index contributed by atoms with van der Waals surface area (Å²) < 4.78 is 17.3. The Bertz CT molecular complexity index is 4210. The Morgan fingerprint density at radius 2 is 0.851 bits per heavy atom. The first-order valence-corrected chi connectivity index (χ1v) is 34.9. The number of ether oxygens (including phenoxy) is 3. The first kappa shape index (κ1) is 76.7. The predicted molar refractivity (Wildman–Crippen MR) is 402 cm³/mol. The molecule has 6 saturated heterocycles. The molecule has 6 aliphatic rings. The van der Waals surface area contributed by atoms with Gasteiger partial charge in [-0.2, -0.15) is 20.2 Å². The second-order valence-corrected chi connectivity index (χ2v) is 29.3. The average molecular weight is 1570 g/mol. The van der Waals surface area contributed by atoms with Crippen molar-refractivity contribution in [3.8, 4) is 5.95 Å². The van der Waals surface area contributed by atoms with Crippen molar-refractivity contribution in [2.75, 3.05) is 110 Å². The first-order valence-electron chi connectivity index (χ1n) is 31.1. The first-order chi connectivity index (χ1) is 48.0. The summed E-state index contributed by atoms with van der Waals surface area (Å²) in [6.45, 7) is 18.3. The van der Waals surface area contributed by atoms with Gasteiger partial charge in [-0.25, -0.2) is 34.6 Å². The van der Waals surface area contributed by atoms with Crippen LogP contribution < -0.4 is 36.8 Å². The lowest BCUT2D eigenvalue weighted by atomic mass is 9.78. The molecule has 0 amide bonds. The quantitative estimate of drug-likeness (QED) is 0.0339. The molecule has 532 valence electrons. The van der Waals surface area contributed by atoms with Gasteiger partial charge < -0.3 is 61.2 Å². The van der Waals surface area contributed by atoms with Crippen LogP contribution in [0.1, 0.15) is 39.1 Å². The summed E-state index contributed by atoms with van der Waals surface area (Å²) in [5.41, 5.74) is 9.41. The Kier molecular flexibility index (Phi) is 25.9. The summed E-state index contributed by atoms with van der Waals surface area (Å²) in [7, 11) is 0. The zero-order chi connectivity index (χ0) is 72.1. The molecule has 34 heteroatoms. The van der Waals surface area contributed by atoms with E-state index in [4.69, 9.17) is 141 Å². The fourth-order valence-corrected chi connectivity index (χ4v) is 11.9. The highest BCUT2D eigenvalue weighted by molar-refractivity contribution is 6.35. The third-order valence-corrected chi connectivity index (χ3v) is 17.8.